The minimum absolute atomic E-state index is 0.0117. The highest BCUT2D eigenvalue weighted by molar-refractivity contribution is 6.32. The van der Waals surface area contributed by atoms with Gasteiger partial charge in [-0.1, -0.05) is 11.6 Å². The number of hydrogen-bond donors (Lipinski definition) is 1. The van der Waals surface area contributed by atoms with Gasteiger partial charge in [-0.15, -0.1) is 0 Å². The van der Waals surface area contributed by atoms with E-state index in [9.17, 15) is 37.8 Å². The Balaban J connectivity index is 0.000000201. The minimum Gasteiger partial charge on any atom is -0.393 e. The summed E-state index contributed by atoms with van der Waals surface area (Å²) >= 11 is 5.74. The van der Waals surface area contributed by atoms with Crippen LogP contribution in [0.15, 0.2) is 24.5 Å². The van der Waals surface area contributed by atoms with E-state index in [0.717, 1.165) is 12.4 Å². The van der Waals surface area contributed by atoms with Gasteiger partial charge in [-0.3, -0.25) is 20.2 Å². The Morgan fingerprint density at radius 2 is 1.19 bits per heavy atom. The maximum atomic E-state index is 13.0. The van der Waals surface area contributed by atoms with Crippen molar-refractivity contribution in [1.82, 2.24) is 9.97 Å². The van der Waals surface area contributed by atoms with Crippen LogP contribution in [0.1, 0.15) is 25.7 Å². The number of halogens is 5. The monoisotopic (exact) mass is 535 g/mol. The quantitative estimate of drug-likeness (QED) is 0.335. The maximum Gasteiger partial charge on any atom is 0.310 e. The molecule has 11 nitrogen and oxygen atoms in total. The fraction of sp³-hybridized carbons (Fsp3) is 0.500. The van der Waals surface area contributed by atoms with Crippen LogP contribution >= 0.6 is 11.6 Å². The summed E-state index contributed by atoms with van der Waals surface area (Å²) < 4.78 is 51.9. The third-order valence-electron chi connectivity index (χ3n) is 5.75. The van der Waals surface area contributed by atoms with Crippen molar-refractivity contribution < 1.29 is 27.4 Å². The van der Waals surface area contributed by atoms with Crippen molar-refractivity contribution in [2.45, 2.75) is 37.5 Å². The molecule has 196 valence electrons. The van der Waals surface area contributed by atoms with Gasteiger partial charge in [0.2, 0.25) is 0 Å². The topological polar surface area (TPSA) is 145 Å². The van der Waals surface area contributed by atoms with E-state index in [2.05, 4.69) is 9.97 Å². The number of nitrogens with two attached hydrogens (primary N) is 1. The maximum absolute atomic E-state index is 13.0. The van der Waals surface area contributed by atoms with E-state index in [1.807, 2.05) is 0 Å². The van der Waals surface area contributed by atoms with Gasteiger partial charge in [-0.05, 0) is 0 Å². The van der Waals surface area contributed by atoms with Crippen LogP contribution in [0.4, 0.5) is 46.3 Å². The second-order valence-corrected chi connectivity index (χ2v) is 8.70. The number of anilines is 3. The van der Waals surface area contributed by atoms with Gasteiger partial charge in [0.05, 0.1) is 9.85 Å². The molecule has 0 atom stereocenters. The Kier molecular flexibility index (Phi) is 8.01. The molecule has 2 aliphatic rings. The number of alkyl halides is 4. The molecule has 2 aliphatic heterocycles. The second kappa shape index (κ2) is 10.6. The Hall–Kier alpha value is -3.49. The molecule has 16 heteroatoms. The first-order chi connectivity index (χ1) is 16.8. The molecule has 0 saturated carbocycles. The molecule has 0 aromatic carbocycles. The molecule has 2 aromatic heterocycles. The Morgan fingerprint density at radius 1 is 0.806 bits per heavy atom. The van der Waals surface area contributed by atoms with Gasteiger partial charge in [0.15, 0.2) is 0 Å². The van der Waals surface area contributed by atoms with Gasteiger partial charge < -0.3 is 15.5 Å². The molecule has 0 radical (unpaired) electrons. The highest BCUT2D eigenvalue weighted by Gasteiger charge is 2.35. The summed E-state index contributed by atoms with van der Waals surface area (Å²) in [5, 5.41) is 21.1. The number of nitrogen functional groups attached to an aromatic ring is 1. The van der Waals surface area contributed by atoms with E-state index in [0.29, 0.717) is 11.6 Å². The molecule has 2 aromatic rings. The molecule has 0 amide bonds. The van der Waals surface area contributed by atoms with Crippen molar-refractivity contribution in [3.63, 3.8) is 0 Å². The summed E-state index contributed by atoms with van der Waals surface area (Å²) in [6, 6.07) is 2.69. The fourth-order valence-electron chi connectivity index (χ4n) is 3.62. The van der Waals surface area contributed by atoms with Crippen molar-refractivity contribution in [2.24, 2.45) is 0 Å². The zero-order chi connectivity index (χ0) is 26.7. The number of pyridine rings is 2. The minimum atomic E-state index is -2.64. The predicted molar refractivity (Wildman–Crippen MR) is 124 cm³/mol. The third-order valence-corrected chi connectivity index (χ3v) is 6.05. The second-order valence-electron chi connectivity index (χ2n) is 8.30. The number of piperidine rings is 2. The van der Waals surface area contributed by atoms with Crippen molar-refractivity contribution in [1.29, 1.82) is 0 Å². The molecule has 0 bridgehead atoms. The first-order valence-electron chi connectivity index (χ1n) is 10.7. The van der Waals surface area contributed by atoms with E-state index in [1.165, 1.54) is 12.1 Å². The molecule has 4 rings (SSSR count). The standard InChI is InChI=1S/C10H10ClF2N3O2.C10H12F2N4O2/c11-7-5-9(14-6-8(7)16(17)18)15-3-1-10(12,13)2-4-15;11-10(12)1-3-15(4-2-10)9-5-7(13)8(6-14-9)16(17)18/h5-6H,1-4H2;5-6H,1-4H2,(H2,13,14). The molecular formula is C20H22ClF4N7O4. The smallest absolute Gasteiger partial charge is 0.310 e. The van der Waals surface area contributed by atoms with E-state index in [1.54, 1.807) is 9.80 Å². The normalized spacial score (nSPS) is 18.7. The van der Waals surface area contributed by atoms with Crippen molar-refractivity contribution in [2.75, 3.05) is 41.7 Å². The van der Waals surface area contributed by atoms with Crippen LogP contribution < -0.4 is 15.5 Å². The summed E-state index contributed by atoms with van der Waals surface area (Å²) in [5.74, 6) is -4.49. The fourth-order valence-corrected chi connectivity index (χ4v) is 3.84. The summed E-state index contributed by atoms with van der Waals surface area (Å²) in [6.45, 7) is 0.650. The van der Waals surface area contributed by atoms with Crippen molar-refractivity contribution in [3.8, 4) is 0 Å². The Morgan fingerprint density at radius 3 is 1.56 bits per heavy atom. The van der Waals surface area contributed by atoms with Gasteiger partial charge in [0.1, 0.15) is 34.7 Å². The molecule has 0 spiro atoms. The number of rotatable bonds is 4. The highest BCUT2D eigenvalue weighted by Crippen LogP contribution is 2.33. The van der Waals surface area contributed by atoms with Crippen LogP contribution in [0.2, 0.25) is 5.02 Å². The van der Waals surface area contributed by atoms with Crippen molar-refractivity contribution in [3.05, 3.63) is 49.8 Å². The van der Waals surface area contributed by atoms with Gasteiger partial charge in [0, 0.05) is 64.0 Å². The van der Waals surface area contributed by atoms with E-state index in [4.69, 9.17) is 17.3 Å². The van der Waals surface area contributed by atoms with Crippen LogP contribution in [0, 0.1) is 20.2 Å². The Labute approximate surface area is 207 Å². The van der Waals surface area contributed by atoms with E-state index in [-0.39, 0.29) is 73.9 Å². The molecular weight excluding hydrogens is 514 g/mol. The first-order valence-corrected chi connectivity index (χ1v) is 11.1. The number of nitro groups is 2. The first kappa shape index (κ1) is 27.1. The molecule has 2 fully saturated rings. The van der Waals surface area contributed by atoms with Crippen LogP contribution in [0.3, 0.4) is 0 Å². The lowest BCUT2D eigenvalue weighted by Crippen LogP contribution is -2.39. The number of nitrogens with zero attached hydrogens (tertiary/aromatic N) is 6. The van der Waals surface area contributed by atoms with Gasteiger partial charge >= 0.3 is 11.4 Å². The van der Waals surface area contributed by atoms with Crippen LogP contribution in [0.25, 0.3) is 0 Å². The largest absolute Gasteiger partial charge is 0.393 e. The molecule has 0 unspecified atom stereocenters. The van der Waals surface area contributed by atoms with Crippen molar-refractivity contribution >= 4 is 40.3 Å². The lowest BCUT2D eigenvalue weighted by molar-refractivity contribution is -0.385. The molecule has 2 N–H and O–H groups in total. The summed E-state index contributed by atoms with van der Waals surface area (Å²) in [6.07, 6.45) is 1.12. The molecule has 4 heterocycles. The van der Waals surface area contributed by atoms with Crippen LogP contribution in [-0.4, -0.2) is 57.8 Å². The van der Waals surface area contributed by atoms with Gasteiger partial charge in [-0.25, -0.2) is 27.5 Å². The van der Waals surface area contributed by atoms with Crippen LogP contribution in [0.5, 0.6) is 0 Å². The summed E-state index contributed by atoms with van der Waals surface area (Å²) in [4.78, 5) is 30.9. The average Bonchev–Trinajstić information content (AvgIpc) is 2.79. The molecule has 2 saturated heterocycles. The van der Waals surface area contributed by atoms with Gasteiger partial charge in [0.25, 0.3) is 11.8 Å². The van der Waals surface area contributed by atoms with E-state index >= 15 is 0 Å². The third kappa shape index (κ3) is 6.80. The lowest BCUT2D eigenvalue weighted by atomic mass is 10.1. The SMILES string of the molecule is Nc1cc(N2CCC(F)(F)CC2)ncc1[N+](=O)[O-].O=[N+]([O-])c1cnc(N2CCC(F)(F)CC2)cc1Cl. The predicted octanol–water partition coefficient (Wildman–Crippen LogP) is 4.69. The molecule has 0 aliphatic carbocycles. The number of aromatic nitrogens is 2. The average molecular weight is 536 g/mol. The van der Waals surface area contributed by atoms with Crippen LogP contribution in [-0.2, 0) is 0 Å². The van der Waals surface area contributed by atoms with E-state index < -0.39 is 21.7 Å². The summed E-state index contributed by atoms with van der Waals surface area (Å²) in [7, 11) is 0. The zero-order valence-corrected chi connectivity index (χ0v) is 19.5. The highest BCUT2D eigenvalue weighted by atomic mass is 35.5. The van der Waals surface area contributed by atoms with Gasteiger partial charge in [-0.2, -0.15) is 0 Å². The Bertz CT molecular complexity index is 1030. The summed E-state index contributed by atoms with van der Waals surface area (Å²) in [5.41, 5.74) is 4.95. The lowest BCUT2D eigenvalue weighted by Gasteiger charge is -2.32. The number of hydrogen-bond acceptors (Lipinski definition) is 9. The molecule has 36 heavy (non-hydrogen) atoms. The zero-order valence-electron chi connectivity index (χ0n) is 18.7.